The summed E-state index contributed by atoms with van der Waals surface area (Å²) in [5.74, 6) is 0.245. The topological polar surface area (TPSA) is 54.9 Å². The van der Waals surface area contributed by atoms with E-state index in [-0.39, 0.29) is 17.1 Å². The number of likely N-dealkylation sites (tertiary alicyclic amines) is 1. The number of hydrogen-bond donors (Lipinski definition) is 0. The van der Waals surface area contributed by atoms with Crippen molar-refractivity contribution in [3.8, 4) is 0 Å². The van der Waals surface area contributed by atoms with Gasteiger partial charge in [0.05, 0.1) is 24.2 Å². The molecule has 3 aliphatic rings. The fourth-order valence-corrected chi connectivity index (χ4v) is 4.69. The Bertz CT molecular complexity index is 634. The quantitative estimate of drug-likeness (QED) is 0.792. The number of morpholine rings is 1. The lowest BCUT2D eigenvalue weighted by atomic mass is 9.77. The Morgan fingerprint density at radius 3 is 2.70 bits per heavy atom. The van der Waals surface area contributed by atoms with Crippen molar-refractivity contribution < 1.29 is 14.3 Å². The van der Waals surface area contributed by atoms with Crippen molar-refractivity contribution in [2.24, 2.45) is 0 Å². The van der Waals surface area contributed by atoms with E-state index in [4.69, 9.17) is 9.47 Å². The van der Waals surface area contributed by atoms with Gasteiger partial charge in [-0.3, -0.25) is 14.7 Å². The van der Waals surface area contributed by atoms with Crippen molar-refractivity contribution in [3.05, 3.63) is 30.1 Å². The molecule has 0 aromatic carbocycles. The number of rotatable bonds is 5. The number of ether oxygens (including phenoxy) is 2. The minimum absolute atomic E-state index is 0.105. The number of nitrogens with zero attached hydrogens (tertiary/aromatic N) is 3. The molecule has 2 saturated heterocycles. The summed E-state index contributed by atoms with van der Waals surface area (Å²) in [7, 11) is 1.74. The van der Waals surface area contributed by atoms with E-state index in [0.717, 1.165) is 65.0 Å². The summed E-state index contributed by atoms with van der Waals surface area (Å²) < 4.78 is 11.9. The van der Waals surface area contributed by atoms with Gasteiger partial charge in [-0.25, -0.2) is 0 Å². The number of hydrogen-bond acceptors (Lipinski definition) is 5. The monoisotopic (exact) mass is 373 g/mol. The molecule has 0 radical (unpaired) electrons. The predicted molar refractivity (Wildman–Crippen MR) is 102 cm³/mol. The van der Waals surface area contributed by atoms with Crippen molar-refractivity contribution >= 4 is 5.91 Å². The molecule has 3 heterocycles. The number of piperidine rings is 1. The fraction of sp³-hybridized carbons (Fsp3) is 0.714. The number of pyridine rings is 1. The van der Waals surface area contributed by atoms with Crippen LogP contribution in [-0.4, -0.2) is 71.8 Å². The largest absolute Gasteiger partial charge is 0.378 e. The van der Waals surface area contributed by atoms with Gasteiger partial charge in [0.2, 0.25) is 5.91 Å². The zero-order valence-corrected chi connectivity index (χ0v) is 16.4. The molecule has 1 saturated carbocycles. The van der Waals surface area contributed by atoms with Gasteiger partial charge < -0.3 is 14.4 Å². The molecule has 6 nitrogen and oxygen atoms in total. The number of aromatic nitrogens is 1. The summed E-state index contributed by atoms with van der Waals surface area (Å²) in [5.41, 5.74) is 0.952. The number of carbonyl (C=O) groups excluding carboxylic acids is 1. The summed E-state index contributed by atoms with van der Waals surface area (Å²) in [4.78, 5) is 21.4. The van der Waals surface area contributed by atoms with Crippen molar-refractivity contribution in [2.75, 3.05) is 39.9 Å². The molecule has 148 valence electrons. The van der Waals surface area contributed by atoms with Crippen molar-refractivity contribution in [1.29, 1.82) is 0 Å². The second-order valence-electron chi connectivity index (χ2n) is 8.40. The highest BCUT2D eigenvalue weighted by atomic mass is 16.5. The van der Waals surface area contributed by atoms with Gasteiger partial charge in [0.15, 0.2) is 0 Å². The molecule has 1 aromatic heterocycles. The maximum atomic E-state index is 12.7. The van der Waals surface area contributed by atoms with E-state index >= 15 is 0 Å². The van der Waals surface area contributed by atoms with Crippen LogP contribution < -0.4 is 0 Å². The third-order valence-corrected chi connectivity index (χ3v) is 6.66. The average Bonchev–Trinajstić information content (AvgIpc) is 2.66. The Balaban J connectivity index is 1.30. The van der Waals surface area contributed by atoms with E-state index in [2.05, 4.69) is 16.0 Å². The van der Waals surface area contributed by atoms with Gasteiger partial charge in [0, 0.05) is 52.2 Å². The highest BCUT2D eigenvalue weighted by Gasteiger charge is 2.43. The van der Waals surface area contributed by atoms with Gasteiger partial charge >= 0.3 is 0 Å². The van der Waals surface area contributed by atoms with Crippen molar-refractivity contribution in [2.45, 2.75) is 56.3 Å². The molecular formula is C21H31N3O3. The third kappa shape index (κ3) is 4.18. The maximum absolute atomic E-state index is 12.7. The van der Waals surface area contributed by atoms with Gasteiger partial charge in [0.1, 0.15) is 0 Å². The Hall–Kier alpha value is -1.50. The molecule has 1 aromatic rings. The highest BCUT2D eigenvalue weighted by Crippen LogP contribution is 2.39. The Kier molecular flexibility index (Phi) is 5.48. The number of amides is 1. The fourth-order valence-electron chi connectivity index (χ4n) is 4.69. The number of methoxy groups -OCH3 is 1. The summed E-state index contributed by atoms with van der Waals surface area (Å²) in [6.07, 6.45) is 9.32. The molecule has 0 N–H and O–H groups in total. The first kappa shape index (κ1) is 18.8. The van der Waals surface area contributed by atoms with Crippen LogP contribution in [0.25, 0.3) is 0 Å². The predicted octanol–water partition coefficient (Wildman–Crippen LogP) is 2.23. The van der Waals surface area contributed by atoms with Crippen LogP contribution in [0.2, 0.25) is 0 Å². The first-order valence-electron chi connectivity index (χ1n) is 10.2. The molecule has 27 heavy (non-hydrogen) atoms. The smallest absolute Gasteiger partial charge is 0.225 e. The summed E-state index contributed by atoms with van der Waals surface area (Å²) >= 11 is 0. The summed E-state index contributed by atoms with van der Waals surface area (Å²) in [5, 5.41) is 0. The molecular weight excluding hydrogens is 342 g/mol. The molecule has 1 spiro atoms. The zero-order chi connectivity index (χ0) is 18.7. The van der Waals surface area contributed by atoms with E-state index in [1.54, 1.807) is 7.11 Å². The van der Waals surface area contributed by atoms with Crippen LogP contribution in [0.5, 0.6) is 0 Å². The van der Waals surface area contributed by atoms with Crippen LogP contribution in [0, 0.1) is 0 Å². The SMILES string of the molecule is COC1(CC(=O)N2CCC3(CC2)CN(Cc2cccnc2)CCO3)CCC1. The van der Waals surface area contributed by atoms with E-state index in [9.17, 15) is 4.79 Å². The molecule has 4 rings (SSSR count). The van der Waals surface area contributed by atoms with Gasteiger partial charge in [-0.15, -0.1) is 0 Å². The van der Waals surface area contributed by atoms with Crippen molar-refractivity contribution in [3.63, 3.8) is 0 Å². The van der Waals surface area contributed by atoms with Crippen LogP contribution in [-0.2, 0) is 20.8 Å². The lowest BCUT2D eigenvalue weighted by Crippen LogP contribution is -2.57. The van der Waals surface area contributed by atoms with E-state index in [1.165, 1.54) is 12.0 Å². The van der Waals surface area contributed by atoms with Gasteiger partial charge in [0.25, 0.3) is 0 Å². The third-order valence-electron chi connectivity index (χ3n) is 6.66. The molecule has 2 aliphatic heterocycles. The maximum Gasteiger partial charge on any atom is 0.225 e. The zero-order valence-electron chi connectivity index (χ0n) is 16.4. The lowest BCUT2D eigenvalue weighted by Gasteiger charge is -2.48. The van der Waals surface area contributed by atoms with Crippen molar-refractivity contribution in [1.82, 2.24) is 14.8 Å². The molecule has 0 unspecified atom stereocenters. The Morgan fingerprint density at radius 1 is 1.26 bits per heavy atom. The second-order valence-corrected chi connectivity index (χ2v) is 8.40. The van der Waals surface area contributed by atoms with Gasteiger partial charge in [-0.05, 0) is 43.7 Å². The van der Waals surface area contributed by atoms with Crippen LogP contribution in [0.4, 0.5) is 0 Å². The van der Waals surface area contributed by atoms with Crippen LogP contribution >= 0.6 is 0 Å². The molecule has 0 bridgehead atoms. The highest BCUT2D eigenvalue weighted by molar-refractivity contribution is 5.77. The van der Waals surface area contributed by atoms with Gasteiger partial charge in [-0.2, -0.15) is 0 Å². The molecule has 0 atom stereocenters. The average molecular weight is 373 g/mol. The minimum atomic E-state index is -0.186. The molecule has 1 amide bonds. The van der Waals surface area contributed by atoms with Crippen LogP contribution in [0.1, 0.15) is 44.1 Å². The first-order chi connectivity index (χ1) is 13.1. The Morgan fingerprint density at radius 2 is 2.07 bits per heavy atom. The Labute approximate surface area is 161 Å². The molecule has 6 heteroatoms. The number of carbonyl (C=O) groups is 1. The second kappa shape index (κ2) is 7.86. The normalized spacial score (nSPS) is 24.6. The van der Waals surface area contributed by atoms with Crippen LogP contribution in [0.3, 0.4) is 0 Å². The van der Waals surface area contributed by atoms with Crippen LogP contribution in [0.15, 0.2) is 24.5 Å². The standard InChI is InChI=1S/C21H31N3O3/c1-26-20(5-3-6-20)14-19(25)24-10-7-21(8-11-24)17-23(12-13-27-21)16-18-4-2-9-22-15-18/h2,4,9,15H,3,5-8,10-14,16-17H2,1H3. The first-order valence-corrected chi connectivity index (χ1v) is 10.2. The van der Waals surface area contributed by atoms with E-state index in [0.29, 0.717) is 6.42 Å². The van der Waals surface area contributed by atoms with Gasteiger partial charge in [-0.1, -0.05) is 6.07 Å². The molecule has 1 aliphatic carbocycles. The molecule has 3 fully saturated rings. The summed E-state index contributed by atoms with van der Waals surface area (Å²) in [6.45, 7) is 5.15. The minimum Gasteiger partial charge on any atom is -0.378 e. The lowest BCUT2D eigenvalue weighted by molar-refractivity contribution is -0.158. The summed E-state index contributed by atoms with van der Waals surface area (Å²) in [6, 6.07) is 4.12. The van der Waals surface area contributed by atoms with E-state index < -0.39 is 0 Å². The van der Waals surface area contributed by atoms with E-state index in [1.807, 2.05) is 23.4 Å².